The second kappa shape index (κ2) is 3.94. The van der Waals surface area contributed by atoms with E-state index in [0.29, 0.717) is 0 Å². The van der Waals surface area contributed by atoms with Crippen molar-refractivity contribution in [1.29, 1.82) is 0 Å². The van der Waals surface area contributed by atoms with Crippen molar-refractivity contribution in [2.45, 2.75) is 38.6 Å². The van der Waals surface area contributed by atoms with Gasteiger partial charge in [0.2, 0.25) is 10.0 Å². The first-order chi connectivity index (χ1) is 6.73. The zero-order chi connectivity index (χ0) is 11.7. The molecule has 0 fully saturated rings. The minimum Gasteiger partial charge on any atom is -0.284 e. The maximum atomic E-state index is 11.8. The topological polar surface area (TPSA) is 74.8 Å². The molecular formula is C9H17N3O2S. The summed E-state index contributed by atoms with van der Waals surface area (Å²) in [6.45, 7) is 7.79. The molecule has 2 N–H and O–H groups in total. The lowest BCUT2D eigenvalue weighted by Crippen LogP contribution is -2.41. The molecule has 5 nitrogen and oxygen atoms in total. The van der Waals surface area contributed by atoms with Crippen LogP contribution in [0.4, 0.5) is 0 Å². The van der Waals surface area contributed by atoms with Gasteiger partial charge in [-0.15, -0.1) is 0 Å². The molecule has 0 spiro atoms. The average molecular weight is 231 g/mol. The van der Waals surface area contributed by atoms with E-state index in [1.165, 1.54) is 12.4 Å². The largest absolute Gasteiger partial charge is 0.284 e. The zero-order valence-corrected chi connectivity index (χ0v) is 10.2. The van der Waals surface area contributed by atoms with E-state index in [1.54, 1.807) is 0 Å². The zero-order valence-electron chi connectivity index (χ0n) is 9.40. The second-order valence-electron chi connectivity index (χ2n) is 4.64. The molecule has 0 aliphatic rings. The fraction of sp³-hybridized carbons (Fsp3) is 0.667. The maximum Gasteiger partial charge on any atom is 0.243 e. The molecule has 1 unspecified atom stereocenters. The fourth-order valence-corrected chi connectivity index (χ4v) is 2.22. The van der Waals surface area contributed by atoms with Gasteiger partial charge < -0.3 is 0 Å². The predicted octanol–water partition coefficient (Wildman–Crippen LogP) is 1.12. The number of hydrogen-bond donors (Lipinski definition) is 2. The number of nitrogens with one attached hydrogen (secondary N) is 2. The highest BCUT2D eigenvalue weighted by Crippen LogP contribution is 2.20. The molecule has 0 saturated carbocycles. The summed E-state index contributed by atoms with van der Waals surface area (Å²) in [6, 6.07) is -0.141. The SMILES string of the molecule is CC(NS(=O)(=O)c1cn[nH]c1)C(C)(C)C. The van der Waals surface area contributed by atoms with E-state index in [2.05, 4.69) is 14.9 Å². The van der Waals surface area contributed by atoms with Crippen LogP contribution in [0.3, 0.4) is 0 Å². The Morgan fingerprint density at radius 3 is 2.47 bits per heavy atom. The summed E-state index contributed by atoms with van der Waals surface area (Å²) in [5, 5.41) is 6.09. The third-order valence-electron chi connectivity index (χ3n) is 2.41. The lowest BCUT2D eigenvalue weighted by atomic mass is 9.89. The molecule has 0 aromatic carbocycles. The van der Waals surface area contributed by atoms with Crippen LogP contribution in [0.15, 0.2) is 17.3 Å². The predicted molar refractivity (Wildman–Crippen MR) is 57.8 cm³/mol. The Morgan fingerprint density at radius 2 is 2.07 bits per heavy atom. The van der Waals surface area contributed by atoms with Crippen molar-refractivity contribution in [1.82, 2.24) is 14.9 Å². The van der Waals surface area contributed by atoms with Crippen LogP contribution >= 0.6 is 0 Å². The molecule has 86 valence electrons. The van der Waals surface area contributed by atoms with Crippen molar-refractivity contribution in [3.05, 3.63) is 12.4 Å². The van der Waals surface area contributed by atoms with E-state index < -0.39 is 10.0 Å². The summed E-state index contributed by atoms with van der Waals surface area (Å²) in [7, 11) is -3.44. The molecule has 0 saturated heterocycles. The number of aromatic nitrogens is 2. The van der Waals surface area contributed by atoms with Gasteiger partial charge in [-0.3, -0.25) is 5.10 Å². The van der Waals surface area contributed by atoms with E-state index in [0.717, 1.165) is 0 Å². The Bertz CT molecular complexity index is 403. The van der Waals surface area contributed by atoms with Crippen molar-refractivity contribution in [3.8, 4) is 0 Å². The maximum absolute atomic E-state index is 11.8. The van der Waals surface area contributed by atoms with Crippen LogP contribution in [0.2, 0.25) is 0 Å². The smallest absolute Gasteiger partial charge is 0.243 e. The van der Waals surface area contributed by atoms with Crippen LogP contribution < -0.4 is 4.72 Å². The summed E-state index contributed by atoms with van der Waals surface area (Å²) < 4.78 is 26.2. The summed E-state index contributed by atoms with van der Waals surface area (Å²) in [6.07, 6.45) is 2.65. The Hall–Kier alpha value is -0.880. The molecule has 6 heteroatoms. The number of nitrogens with zero attached hydrogens (tertiary/aromatic N) is 1. The number of H-pyrrole nitrogens is 1. The van der Waals surface area contributed by atoms with Crippen LogP contribution in [-0.2, 0) is 10.0 Å². The number of rotatable bonds is 3. The highest BCUT2D eigenvalue weighted by Gasteiger charge is 2.26. The van der Waals surface area contributed by atoms with Crippen LogP contribution in [0.1, 0.15) is 27.7 Å². The first kappa shape index (κ1) is 12.2. The van der Waals surface area contributed by atoms with Crippen molar-refractivity contribution < 1.29 is 8.42 Å². The van der Waals surface area contributed by atoms with Crippen LogP contribution in [0.25, 0.3) is 0 Å². The highest BCUT2D eigenvalue weighted by molar-refractivity contribution is 7.89. The molecule has 0 aliphatic carbocycles. The van der Waals surface area contributed by atoms with Gasteiger partial charge in [0.1, 0.15) is 4.90 Å². The Morgan fingerprint density at radius 1 is 1.47 bits per heavy atom. The molecule has 1 aromatic heterocycles. The summed E-state index contributed by atoms with van der Waals surface area (Å²) in [5.41, 5.74) is -0.114. The molecule has 0 radical (unpaired) electrons. The third kappa shape index (κ3) is 3.04. The Balaban J connectivity index is 2.84. The van der Waals surface area contributed by atoms with E-state index in [1.807, 2.05) is 27.7 Å². The lowest BCUT2D eigenvalue weighted by molar-refractivity contribution is 0.317. The summed E-state index contributed by atoms with van der Waals surface area (Å²) in [5.74, 6) is 0. The molecule has 0 aliphatic heterocycles. The van der Waals surface area contributed by atoms with Crippen molar-refractivity contribution >= 4 is 10.0 Å². The van der Waals surface area contributed by atoms with Crippen LogP contribution in [0.5, 0.6) is 0 Å². The van der Waals surface area contributed by atoms with E-state index in [-0.39, 0.29) is 16.4 Å². The number of sulfonamides is 1. The first-order valence-electron chi connectivity index (χ1n) is 4.74. The van der Waals surface area contributed by atoms with E-state index in [4.69, 9.17) is 0 Å². The van der Waals surface area contributed by atoms with Gasteiger partial charge in [0.05, 0.1) is 6.20 Å². The standard InChI is InChI=1S/C9H17N3O2S/c1-7(9(2,3)4)12-15(13,14)8-5-10-11-6-8/h5-7,12H,1-4H3,(H,10,11). The van der Waals surface area contributed by atoms with Crippen molar-refractivity contribution in [2.75, 3.05) is 0 Å². The summed E-state index contributed by atoms with van der Waals surface area (Å²) >= 11 is 0. The Labute approximate surface area is 90.3 Å². The van der Waals surface area contributed by atoms with Crippen molar-refractivity contribution in [2.24, 2.45) is 5.41 Å². The first-order valence-corrected chi connectivity index (χ1v) is 6.23. The highest BCUT2D eigenvalue weighted by atomic mass is 32.2. The molecular weight excluding hydrogens is 214 g/mol. The van der Waals surface area contributed by atoms with Gasteiger partial charge in [-0.05, 0) is 12.3 Å². The normalized spacial score (nSPS) is 15.2. The fourth-order valence-electron chi connectivity index (χ4n) is 0.864. The van der Waals surface area contributed by atoms with Gasteiger partial charge in [0, 0.05) is 12.2 Å². The van der Waals surface area contributed by atoms with Crippen molar-refractivity contribution in [3.63, 3.8) is 0 Å². The average Bonchev–Trinajstić information content (AvgIpc) is 2.52. The lowest BCUT2D eigenvalue weighted by Gasteiger charge is -2.27. The molecule has 0 bridgehead atoms. The van der Waals surface area contributed by atoms with E-state index >= 15 is 0 Å². The van der Waals surface area contributed by atoms with Gasteiger partial charge >= 0.3 is 0 Å². The minimum absolute atomic E-state index is 0.114. The van der Waals surface area contributed by atoms with E-state index in [9.17, 15) is 8.42 Å². The van der Waals surface area contributed by atoms with Crippen LogP contribution in [0, 0.1) is 5.41 Å². The second-order valence-corrected chi connectivity index (χ2v) is 6.36. The molecule has 1 heterocycles. The Kier molecular flexibility index (Phi) is 3.20. The van der Waals surface area contributed by atoms with Gasteiger partial charge in [0.15, 0.2) is 0 Å². The quantitative estimate of drug-likeness (QED) is 0.818. The molecule has 1 rings (SSSR count). The molecule has 15 heavy (non-hydrogen) atoms. The summed E-state index contributed by atoms with van der Waals surface area (Å²) in [4.78, 5) is 0.165. The third-order valence-corrected chi connectivity index (χ3v) is 3.92. The van der Waals surface area contributed by atoms with Crippen LogP contribution in [-0.4, -0.2) is 24.7 Å². The van der Waals surface area contributed by atoms with Gasteiger partial charge in [0.25, 0.3) is 0 Å². The van der Waals surface area contributed by atoms with Gasteiger partial charge in [-0.2, -0.15) is 5.10 Å². The molecule has 1 aromatic rings. The minimum atomic E-state index is -3.44. The monoisotopic (exact) mass is 231 g/mol. The number of hydrogen-bond acceptors (Lipinski definition) is 3. The van der Waals surface area contributed by atoms with Gasteiger partial charge in [-0.1, -0.05) is 20.8 Å². The van der Waals surface area contributed by atoms with Gasteiger partial charge in [-0.25, -0.2) is 13.1 Å². The molecule has 1 atom stereocenters. The number of aromatic amines is 1. The molecule has 0 amide bonds.